The van der Waals surface area contributed by atoms with E-state index in [1.165, 1.54) is 16.7 Å². The van der Waals surface area contributed by atoms with Crippen LogP contribution in [0.4, 0.5) is 0 Å². The molecule has 17 heavy (non-hydrogen) atoms. The summed E-state index contributed by atoms with van der Waals surface area (Å²) in [6, 6.07) is 13.0. The topological polar surface area (TPSA) is 0 Å². The zero-order valence-electron chi connectivity index (χ0n) is 9.54. The SMILES string of the molecule is C1=CCC([C@H](c2ccccc2)c2ccsc2)=C1. The Hall–Kier alpha value is -1.60. The number of thiophene rings is 1. The highest BCUT2D eigenvalue weighted by molar-refractivity contribution is 7.08. The molecule has 0 radical (unpaired) electrons. The van der Waals surface area contributed by atoms with Crippen LogP contribution in [0.2, 0.25) is 0 Å². The van der Waals surface area contributed by atoms with Gasteiger partial charge in [-0.15, -0.1) is 0 Å². The average molecular weight is 238 g/mol. The van der Waals surface area contributed by atoms with Gasteiger partial charge in [0, 0.05) is 5.92 Å². The molecule has 3 rings (SSSR count). The van der Waals surface area contributed by atoms with Crippen LogP contribution in [0.25, 0.3) is 0 Å². The molecule has 0 aliphatic heterocycles. The molecule has 1 aliphatic rings. The van der Waals surface area contributed by atoms with E-state index < -0.39 is 0 Å². The van der Waals surface area contributed by atoms with Crippen LogP contribution >= 0.6 is 11.3 Å². The van der Waals surface area contributed by atoms with Crippen molar-refractivity contribution in [1.29, 1.82) is 0 Å². The summed E-state index contributed by atoms with van der Waals surface area (Å²) < 4.78 is 0. The van der Waals surface area contributed by atoms with Crippen molar-refractivity contribution in [2.45, 2.75) is 12.3 Å². The van der Waals surface area contributed by atoms with Gasteiger partial charge in [0.15, 0.2) is 0 Å². The van der Waals surface area contributed by atoms with Gasteiger partial charge in [0.05, 0.1) is 0 Å². The number of hydrogen-bond donors (Lipinski definition) is 0. The highest BCUT2D eigenvalue weighted by Crippen LogP contribution is 2.36. The molecule has 0 fully saturated rings. The van der Waals surface area contributed by atoms with Crippen LogP contribution in [0, 0.1) is 0 Å². The molecule has 84 valence electrons. The van der Waals surface area contributed by atoms with Crippen LogP contribution in [-0.4, -0.2) is 0 Å². The molecule has 1 aromatic carbocycles. The van der Waals surface area contributed by atoms with Crippen molar-refractivity contribution in [2.75, 3.05) is 0 Å². The predicted molar refractivity (Wildman–Crippen MR) is 74.4 cm³/mol. The monoisotopic (exact) mass is 238 g/mol. The van der Waals surface area contributed by atoms with Gasteiger partial charge in [-0.3, -0.25) is 0 Å². The predicted octanol–water partition coefficient (Wildman–Crippen LogP) is 4.77. The third-order valence-corrected chi connectivity index (χ3v) is 3.88. The average Bonchev–Trinajstić information content (AvgIpc) is 3.04. The zero-order chi connectivity index (χ0) is 11.5. The maximum Gasteiger partial charge on any atom is 0.0313 e. The van der Waals surface area contributed by atoms with Gasteiger partial charge in [-0.1, -0.05) is 54.1 Å². The van der Waals surface area contributed by atoms with Crippen molar-refractivity contribution < 1.29 is 0 Å². The first kappa shape index (κ1) is 10.5. The minimum atomic E-state index is 0.428. The summed E-state index contributed by atoms with van der Waals surface area (Å²) in [5.74, 6) is 0.428. The summed E-state index contributed by atoms with van der Waals surface area (Å²) in [6.07, 6.45) is 7.74. The Bertz CT molecular complexity index is 532. The molecule has 0 unspecified atom stereocenters. The van der Waals surface area contributed by atoms with Crippen molar-refractivity contribution in [2.24, 2.45) is 0 Å². The Morgan fingerprint density at radius 1 is 1.00 bits per heavy atom. The van der Waals surface area contributed by atoms with Gasteiger partial charge in [-0.25, -0.2) is 0 Å². The van der Waals surface area contributed by atoms with Crippen molar-refractivity contribution >= 4 is 11.3 Å². The van der Waals surface area contributed by atoms with E-state index in [2.05, 4.69) is 65.4 Å². The van der Waals surface area contributed by atoms with Crippen molar-refractivity contribution in [3.05, 3.63) is 82.1 Å². The highest BCUT2D eigenvalue weighted by Gasteiger charge is 2.19. The minimum Gasteiger partial charge on any atom is -0.152 e. The number of benzene rings is 1. The van der Waals surface area contributed by atoms with Gasteiger partial charge in [0.1, 0.15) is 0 Å². The van der Waals surface area contributed by atoms with E-state index in [0.717, 1.165) is 6.42 Å². The second-order valence-corrected chi connectivity index (χ2v) is 5.05. The lowest BCUT2D eigenvalue weighted by atomic mass is 9.86. The first-order valence-electron chi connectivity index (χ1n) is 5.88. The fourth-order valence-electron chi connectivity index (χ4n) is 2.38. The molecule has 0 nitrogen and oxygen atoms in total. The van der Waals surface area contributed by atoms with Crippen LogP contribution in [0.15, 0.2) is 71.0 Å². The molecular formula is C16H14S. The molecule has 1 aliphatic carbocycles. The summed E-state index contributed by atoms with van der Waals surface area (Å²) in [6.45, 7) is 0. The van der Waals surface area contributed by atoms with Gasteiger partial charge in [0.25, 0.3) is 0 Å². The lowest BCUT2D eigenvalue weighted by Gasteiger charge is -2.18. The van der Waals surface area contributed by atoms with Crippen molar-refractivity contribution in [3.8, 4) is 0 Å². The Kier molecular flexibility index (Phi) is 2.93. The summed E-state index contributed by atoms with van der Waals surface area (Å²) >= 11 is 1.77. The third-order valence-electron chi connectivity index (χ3n) is 3.18. The lowest BCUT2D eigenvalue weighted by molar-refractivity contribution is 0.925. The molecule has 0 saturated heterocycles. The second-order valence-electron chi connectivity index (χ2n) is 4.27. The highest BCUT2D eigenvalue weighted by atomic mass is 32.1. The molecule has 1 atom stereocenters. The third kappa shape index (κ3) is 2.11. The Labute approximate surface area is 106 Å². The summed E-state index contributed by atoms with van der Waals surface area (Å²) in [5.41, 5.74) is 4.30. The van der Waals surface area contributed by atoms with Crippen LogP contribution in [-0.2, 0) is 0 Å². The fraction of sp³-hybridized carbons (Fsp3) is 0.125. The maximum absolute atomic E-state index is 2.26. The molecule has 0 N–H and O–H groups in total. The fourth-order valence-corrected chi connectivity index (χ4v) is 3.07. The van der Waals surface area contributed by atoms with E-state index in [9.17, 15) is 0 Å². The van der Waals surface area contributed by atoms with E-state index in [4.69, 9.17) is 0 Å². The molecule has 1 aromatic heterocycles. The van der Waals surface area contributed by atoms with Gasteiger partial charge >= 0.3 is 0 Å². The Morgan fingerprint density at radius 3 is 2.53 bits per heavy atom. The van der Waals surface area contributed by atoms with E-state index in [1.54, 1.807) is 11.3 Å². The molecule has 0 amide bonds. The Morgan fingerprint density at radius 2 is 1.88 bits per heavy atom. The van der Waals surface area contributed by atoms with E-state index in [-0.39, 0.29) is 0 Å². The molecule has 1 heteroatoms. The van der Waals surface area contributed by atoms with Crippen LogP contribution in [0.1, 0.15) is 23.5 Å². The van der Waals surface area contributed by atoms with Gasteiger partial charge < -0.3 is 0 Å². The normalized spacial score (nSPS) is 15.9. The number of hydrogen-bond acceptors (Lipinski definition) is 1. The van der Waals surface area contributed by atoms with Crippen molar-refractivity contribution in [3.63, 3.8) is 0 Å². The second kappa shape index (κ2) is 4.72. The largest absolute Gasteiger partial charge is 0.152 e. The lowest BCUT2D eigenvalue weighted by Crippen LogP contribution is -2.02. The summed E-state index contributed by atoms with van der Waals surface area (Å²) in [5, 5.41) is 4.42. The molecule has 0 bridgehead atoms. The van der Waals surface area contributed by atoms with Gasteiger partial charge in [-0.05, 0) is 34.4 Å². The standard InChI is InChI=1S/C16H14S/c1-2-6-13(7-3-1)16(14-8-4-5-9-14)15-10-11-17-12-15/h1-8,10-12,16H,9H2/t16-/m0/s1. The number of rotatable bonds is 3. The summed E-state index contributed by atoms with van der Waals surface area (Å²) in [7, 11) is 0. The maximum atomic E-state index is 2.26. The molecule has 0 saturated carbocycles. The smallest absolute Gasteiger partial charge is 0.0313 e. The molecule has 0 spiro atoms. The summed E-state index contributed by atoms with van der Waals surface area (Å²) in [4.78, 5) is 0. The van der Waals surface area contributed by atoms with E-state index >= 15 is 0 Å². The molecule has 1 heterocycles. The first-order chi connectivity index (χ1) is 8.45. The zero-order valence-corrected chi connectivity index (χ0v) is 10.4. The van der Waals surface area contributed by atoms with E-state index in [1.807, 2.05) is 0 Å². The van der Waals surface area contributed by atoms with Crippen LogP contribution in [0.5, 0.6) is 0 Å². The minimum absolute atomic E-state index is 0.428. The Balaban J connectivity index is 2.03. The number of allylic oxidation sites excluding steroid dienone is 4. The first-order valence-corrected chi connectivity index (χ1v) is 6.82. The van der Waals surface area contributed by atoms with Gasteiger partial charge in [-0.2, -0.15) is 11.3 Å². The van der Waals surface area contributed by atoms with E-state index in [0.29, 0.717) is 5.92 Å². The van der Waals surface area contributed by atoms with Gasteiger partial charge in [0.2, 0.25) is 0 Å². The van der Waals surface area contributed by atoms with Crippen molar-refractivity contribution in [1.82, 2.24) is 0 Å². The molecule has 2 aromatic rings. The molecular weight excluding hydrogens is 224 g/mol. The van der Waals surface area contributed by atoms with Crippen LogP contribution < -0.4 is 0 Å². The van der Waals surface area contributed by atoms with Crippen LogP contribution in [0.3, 0.4) is 0 Å². The quantitative estimate of drug-likeness (QED) is 0.722.